The molecule has 0 aliphatic heterocycles. The molecule has 0 atom stereocenters. The average Bonchev–Trinajstić information content (AvgIpc) is 2.37. The topological polar surface area (TPSA) is 68.5 Å². The molecular weight excluding hydrogens is 270 g/mol. The van der Waals surface area contributed by atoms with Gasteiger partial charge in [0.2, 0.25) is 0 Å². The molecule has 5 heteroatoms. The van der Waals surface area contributed by atoms with Crippen LogP contribution in [0.25, 0.3) is 5.69 Å². The van der Waals surface area contributed by atoms with Gasteiger partial charge in [-0.3, -0.25) is 9.36 Å². The third-order valence-corrected chi connectivity index (χ3v) is 3.50. The Bertz CT molecular complexity index is 775. The van der Waals surface area contributed by atoms with Crippen LogP contribution in [0.15, 0.2) is 29.1 Å². The van der Waals surface area contributed by atoms with Crippen molar-refractivity contribution >= 4 is 5.97 Å². The Balaban J connectivity index is 2.75. The Morgan fingerprint density at radius 3 is 2.33 bits per heavy atom. The van der Waals surface area contributed by atoms with Crippen LogP contribution < -0.4 is 10.3 Å². The van der Waals surface area contributed by atoms with Crippen molar-refractivity contribution in [2.45, 2.75) is 20.8 Å². The molecule has 1 aromatic carbocycles. The number of pyridine rings is 1. The normalized spacial score (nSPS) is 10.5. The van der Waals surface area contributed by atoms with E-state index >= 15 is 0 Å². The molecule has 0 amide bonds. The van der Waals surface area contributed by atoms with Gasteiger partial charge in [-0.05, 0) is 50.1 Å². The summed E-state index contributed by atoms with van der Waals surface area (Å²) in [6.07, 6.45) is 0. The molecule has 21 heavy (non-hydrogen) atoms. The summed E-state index contributed by atoms with van der Waals surface area (Å²) < 4.78 is 6.60. The van der Waals surface area contributed by atoms with Gasteiger partial charge in [-0.15, -0.1) is 0 Å². The van der Waals surface area contributed by atoms with E-state index in [0.29, 0.717) is 16.9 Å². The van der Waals surface area contributed by atoms with E-state index in [4.69, 9.17) is 4.74 Å². The summed E-state index contributed by atoms with van der Waals surface area (Å²) in [5, 5.41) is 9.31. The van der Waals surface area contributed by atoms with E-state index < -0.39 is 5.97 Å². The highest BCUT2D eigenvalue weighted by Crippen LogP contribution is 2.22. The molecule has 1 heterocycles. The summed E-state index contributed by atoms with van der Waals surface area (Å²) >= 11 is 0. The van der Waals surface area contributed by atoms with Crippen molar-refractivity contribution in [2.75, 3.05) is 7.11 Å². The van der Waals surface area contributed by atoms with Crippen LogP contribution in [0.2, 0.25) is 0 Å². The Labute approximate surface area is 122 Å². The number of hydrogen-bond donors (Lipinski definition) is 1. The van der Waals surface area contributed by atoms with Gasteiger partial charge in [-0.2, -0.15) is 0 Å². The van der Waals surface area contributed by atoms with Crippen LogP contribution in [-0.4, -0.2) is 22.8 Å². The molecule has 0 aliphatic carbocycles. The van der Waals surface area contributed by atoms with Crippen LogP contribution in [0, 0.1) is 20.8 Å². The zero-order valence-electron chi connectivity index (χ0n) is 12.4. The minimum atomic E-state index is -1.04. The number of aromatic carboxylic acids is 1. The van der Waals surface area contributed by atoms with Crippen molar-refractivity contribution in [1.82, 2.24) is 4.57 Å². The number of rotatable bonds is 3. The second-order valence-corrected chi connectivity index (χ2v) is 4.92. The predicted octanol–water partition coefficient (Wildman–Crippen LogP) is 2.47. The fourth-order valence-electron chi connectivity index (χ4n) is 2.53. The Kier molecular flexibility index (Phi) is 3.84. The number of carboxylic acids is 1. The zero-order chi connectivity index (χ0) is 15.7. The molecule has 0 aliphatic rings. The number of carboxylic acid groups (broad SMARTS) is 1. The molecule has 0 fully saturated rings. The number of carbonyl (C=O) groups is 1. The van der Waals surface area contributed by atoms with E-state index in [1.54, 1.807) is 39.2 Å². The van der Waals surface area contributed by atoms with Crippen molar-refractivity contribution in [3.05, 3.63) is 57.0 Å². The van der Waals surface area contributed by atoms with E-state index in [0.717, 1.165) is 11.3 Å². The summed E-state index contributed by atoms with van der Waals surface area (Å²) in [5.41, 5.74) is 2.28. The van der Waals surface area contributed by atoms with Crippen LogP contribution in [0.1, 0.15) is 27.2 Å². The number of methoxy groups -OCH3 is 1. The number of nitrogens with zero attached hydrogens (tertiary/aromatic N) is 1. The third kappa shape index (κ3) is 2.54. The van der Waals surface area contributed by atoms with Gasteiger partial charge in [0.25, 0.3) is 5.56 Å². The second kappa shape index (κ2) is 5.44. The Hall–Kier alpha value is -2.56. The molecule has 0 radical (unpaired) electrons. The Morgan fingerprint density at radius 1 is 1.14 bits per heavy atom. The molecule has 0 bridgehead atoms. The second-order valence-electron chi connectivity index (χ2n) is 4.92. The van der Waals surface area contributed by atoms with Crippen LogP contribution in [0.4, 0.5) is 0 Å². The molecule has 110 valence electrons. The third-order valence-electron chi connectivity index (χ3n) is 3.50. The van der Waals surface area contributed by atoms with Gasteiger partial charge >= 0.3 is 5.97 Å². The molecular formula is C16H17NO4. The minimum Gasteiger partial charge on any atom is -0.496 e. The van der Waals surface area contributed by atoms with Crippen LogP contribution in [0.3, 0.4) is 0 Å². The largest absolute Gasteiger partial charge is 0.496 e. The zero-order valence-corrected chi connectivity index (χ0v) is 12.4. The van der Waals surface area contributed by atoms with Gasteiger partial charge < -0.3 is 9.84 Å². The summed E-state index contributed by atoms with van der Waals surface area (Å²) in [4.78, 5) is 23.6. The van der Waals surface area contributed by atoms with Crippen molar-refractivity contribution < 1.29 is 14.6 Å². The highest BCUT2D eigenvalue weighted by atomic mass is 16.5. The molecule has 5 nitrogen and oxygen atoms in total. The predicted molar refractivity (Wildman–Crippen MR) is 79.8 cm³/mol. The van der Waals surface area contributed by atoms with Crippen molar-refractivity contribution in [3.63, 3.8) is 0 Å². The summed E-state index contributed by atoms with van der Waals surface area (Å²) in [6, 6.07) is 6.64. The SMILES string of the molecule is COc1ccc(-n2c(C)c(C(=O)O)c(C)cc2=O)cc1C. The van der Waals surface area contributed by atoms with Gasteiger partial charge in [0.15, 0.2) is 0 Å². The molecule has 0 saturated carbocycles. The monoisotopic (exact) mass is 287 g/mol. The maximum atomic E-state index is 12.2. The summed E-state index contributed by atoms with van der Waals surface area (Å²) in [5.74, 6) is -0.320. The quantitative estimate of drug-likeness (QED) is 0.941. The number of aromatic nitrogens is 1. The number of hydrogen-bond acceptors (Lipinski definition) is 3. The number of benzene rings is 1. The average molecular weight is 287 g/mol. The molecule has 0 spiro atoms. The van der Waals surface area contributed by atoms with Crippen LogP contribution >= 0.6 is 0 Å². The first kappa shape index (κ1) is 14.8. The lowest BCUT2D eigenvalue weighted by molar-refractivity contribution is 0.0694. The van der Waals surface area contributed by atoms with Gasteiger partial charge in [-0.25, -0.2) is 4.79 Å². The molecule has 2 aromatic rings. The fourth-order valence-corrected chi connectivity index (χ4v) is 2.53. The smallest absolute Gasteiger partial charge is 0.337 e. The lowest BCUT2D eigenvalue weighted by atomic mass is 10.1. The lowest BCUT2D eigenvalue weighted by Gasteiger charge is -2.15. The maximum absolute atomic E-state index is 12.2. The maximum Gasteiger partial charge on any atom is 0.337 e. The first-order chi connectivity index (χ1) is 9.86. The highest BCUT2D eigenvalue weighted by Gasteiger charge is 2.17. The van der Waals surface area contributed by atoms with Gasteiger partial charge in [0, 0.05) is 17.4 Å². The molecule has 2 rings (SSSR count). The van der Waals surface area contributed by atoms with Crippen LogP contribution in [0.5, 0.6) is 5.75 Å². The van der Waals surface area contributed by atoms with E-state index in [1.165, 1.54) is 10.6 Å². The van der Waals surface area contributed by atoms with E-state index in [2.05, 4.69) is 0 Å². The molecule has 1 N–H and O–H groups in total. The number of ether oxygens (including phenoxy) is 1. The molecule has 1 aromatic heterocycles. The lowest BCUT2D eigenvalue weighted by Crippen LogP contribution is -2.24. The summed E-state index contributed by atoms with van der Waals surface area (Å²) in [7, 11) is 1.58. The van der Waals surface area contributed by atoms with Crippen molar-refractivity contribution in [3.8, 4) is 11.4 Å². The van der Waals surface area contributed by atoms with Crippen molar-refractivity contribution in [2.24, 2.45) is 0 Å². The van der Waals surface area contributed by atoms with Crippen LogP contribution in [-0.2, 0) is 0 Å². The van der Waals surface area contributed by atoms with E-state index in [1.807, 2.05) is 6.92 Å². The Morgan fingerprint density at radius 2 is 1.81 bits per heavy atom. The van der Waals surface area contributed by atoms with Gasteiger partial charge in [0.1, 0.15) is 5.75 Å². The van der Waals surface area contributed by atoms with E-state index in [-0.39, 0.29) is 11.1 Å². The fraction of sp³-hybridized carbons (Fsp3) is 0.250. The first-order valence-corrected chi connectivity index (χ1v) is 6.48. The standard InChI is InChI=1S/C16H17NO4/c1-9-7-12(5-6-13(9)21-4)17-11(3)15(16(19)20)10(2)8-14(17)18/h5-8H,1-4H3,(H,19,20). The summed E-state index contributed by atoms with van der Waals surface area (Å²) in [6.45, 7) is 5.13. The first-order valence-electron chi connectivity index (χ1n) is 6.48. The van der Waals surface area contributed by atoms with Gasteiger partial charge in [0.05, 0.1) is 12.7 Å². The van der Waals surface area contributed by atoms with Crippen molar-refractivity contribution in [1.29, 1.82) is 0 Å². The van der Waals surface area contributed by atoms with Gasteiger partial charge in [-0.1, -0.05) is 0 Å². The molecule has 0 unspecified atom stereocenters. The number of aryl methyl sites for hydroxylation is 2. The van der Waals surface area contributed by atoms with E-state index in [9.17, 15) is 14.7 Å². The minimum absolute atomic E-state index is 0.156. The molecule has 0 saturated heterocycles. The highest BCUT2D eigenvalue weighted by molar-refractivity contribution is 5.90.